The first kappa shape index (κ1) is 16.0. The van der Waals surface area contributed by atoms with Gasteiger partial charge in [-0.1, -0.05) is 17.7 Å². The largest absolute Gasteiger partial charge is 0.326 e. The predicted molar refractivity (Wildman–Crippen MR) is 85.6 cm³/mol. The van der Waals surface area contributed by atoms with Gasteiger partial charge in [0.2, 0.25) is 5.91 Å². The van der Waals surface area contributed by atoms with Gasteiger partial charge >= 0.3 is 5.69 Å². The van der Waals surface area contributed by atoms with Gasteiger partial charge in [-0.05, 0) is 38.0 Å². The molecule has 116 valence electrons. The number of rotatable bonds is 4. The lowest BCUT2D eigenvalue weighted by Gasteiger charge is -2.07. The molecule has 1 amide bonds. The van der Waals surface area contributed by atoms with Crippen LogP contribution in [0.25, 0.3) is 0 Å². The van der Waals surface area contributed by atoms with Crippen LogP contribution in [0.5, 0.6) is 0 Å². The summed E-state index contributed by atoms with van der Waals surface area (Å²) < 4.78 is 0. The Hall–Kier alpha value is -2.34. The van der Waals surface area contributed by atoms with Crippen molar-refractivity contribution in [3.8, 4) is 0 Å². The molecule has 2 aromatic rings. The lowest BCUT2D eigenvalue weighted by atomic mass is 10.1. The average Bonchev–Trinajstić information content (AvgIpc) is 2.41. The van der Waals surface area contributed by atoms with Crippen LogP contribution in [0, 0.1) is 13.8 Å². The van der Waals surface area contributed by atoms with E-state index in [2.05, 4.69) is 15.3 Å². The van der Waals surface area contributed by atoms with Crippen LogP contribution in [0.2, 0.25) is 5.02 Å². The Morgan fingerprint density at radius 3 is 2.59 bits per heavy atom. The van der Waals surface area contributed by atoms with E-state index in [0.717, 1.165) is 5.56 Å². The van der Waals surface area contributed by atoms with Gasteiger partial charge in [0.05, 0.1) is 0 Å². The minimum Gasteiger partial charge on any atom is -0.326 e. The molecule has 7 heteroatoms. The number of benzene rings is 1. The highest BCUT2D eigenvalue weighted by atomic mass is 35.5. The summed E-state index contributed by atoms with van der Waals surface area (Å²) >= 11 is 6.00. The number of carbonyl (C=O) groups is 1. The van der Waals surface area contributed by atoms with E-state index in [1.807, 2.05) is 13.0 Å². The van der Waals surface area contributed by atoms with Crippen molar-refractivity contribution >= 4 is 23.2 Å². The summed E-state index contributed by atoms with van der Waals surface area (Å²) in [5.74, 6) is -0.232. The lowest BCUT2D eigenvalue weighted by molar-refractivity contribution is -0.116. The highest BCUT2D eigenvalue weighted by molar-refractivity contribution is 6.31. The Balaban J connectivity index is 2.03. The fraction of sp³-hybridized carbons (Fsp3) is 0.267. The van der Waals surface area contributed by atoms with E-state index in [4.69, 9.17) is 11.6 Å². The first-order valence-corrected chi connectivity index (χ1v) is 7.12. The first-order chi connectivity index (χ1) is 10.4. The molecule has 0 saturated heterocycles. The highest BCUT2D eigenvalue weighted by Crippen LogP contribution is 2.20. The molecule has 6 nitrogen and oxygen atoms in total. The molecule has 0 bridgehead atoms. The van der Waals surface area contributed by atoms with Gasteiger partial charge in [-0.3, -0.25) is 14.6 Å². The van der Waals surface area contributed by atoms with E-state index >= 15 is 0 Å². The Morgan fingerprint density at radius 2 is 1.95 bits per heavy atom. The average molecular weight is 322 g/mol. The summed E-state index contributed by atoms with van der Waals surface area (Å²) in [6.07, 6.45) is 0.366. The third-order valence-corrected chi connectivity index (χ3v) is 3.72. The van der Waals surface area contributed by atoms with Gasteiger partial charge in [0.1, 0.15) is 0 Å². The molecular weight excluding hydrogens is 306 g/mol. The normalized spacial score (nSPS) is 10.5. The number of aromatic amines is 2. The van der Waals surface area contributed by atoms with E-state index in [0.29, 0.717) is 22.0 Å². The third-order valence-electron chi connectivity index (χ3n) is 3.31. The van der Waals surface area contributed by atoms with Gasteiger partial charge in [-0.25, -0.2) is 4.79 Å². The molecule has 2 rings (SSSR count). The summed E-state index contributed by atoms with van der Waals surface area (Å²) in [5.41, 5.74) is 1.39. The molecule has 0 fully saturated rings. The van der Waals surface area contributed by atoms with Crippen molar-refractivity contribution in [1.82, 2.24) is 9.97 Å². The summed E-state index contributed by atoms with van der Waals surface area (Å²) in [5, 5.41) is 3.30. The Labute approximate surface area is 131 Å². The zero-order chi connectivity index (χ0) is 16.3. The second-order valence-electron chi connectivity index (χ2n) is 5.02. The monoisotopic (exact) mass is 321 g/mol. The molecule has 0 aliphatic rings. The molecule has 1 heterocycles. The first-order valence-electron chi connectivity index (χ1n) is 6.75. The fourth-order valence-corrected chi connectivity index (χ4v) is 2.24. The van der Waals surface area contributed by atoms with Crippen molar-refractivity contribution in [2.45, 2.75) is 26.7 Å². The number of carbonyl (C=O) groups excluding carboxylic acids is 1. The number of anilines is 1. The summed E-state index contributed by atoms with van der Waals surface area (Å²) in [7, 11) is 0. The third kappa shape index (κ3) is 3.85. The Morgan fingerprint density at radius 1 is 1.23 bits per heavy atom. The van der Waals surface area contributed by atoms with Gasteiger partial charge < -0.3 is 10.3 Å². The van der Waals surface area contributed by atoms with E-state index in [1.54, 1.807) is 19.1 Å². The molecule has 3 N–H and O–H groups in total. The van der Waals surface area contributed by atoms with Crippen molar-refractivity contribution in [3.63, 3.8) is 0 Å². The maximum Gasteiger partial charge on any atom is 0.325 e. The second kappa shape index (κ2) is 6.62. The number of aryl methyl sites for hydroxylation is 2. The van der Waals surface area contributed by atoms with Crippen LogP contribution >= 0.6 is 11.6 Å². The molecule has 0 aliphatic heterocycles. The molecule has 0 aliphatic carbocycles. The van der Waals surface area contributed by atoms with E-state index in [9.17, 15) is 14.4 Å². The van der Waals surface area contributed by atoms with Crippen LogP contribution in [0.4, 0.5) is 5.69 Å². The van der Waals surface area contributed by atoms with Crippen molar-refractivity contribution < 1.29 is 4.79 Å². The van der Waals surface area contributed by atoms with Crippen molar-refractivity contribution in [1.29, 1.82) is 0 Å². The van der Waals surface area contributed by atoms with Gasteiger partial charge in [-0.2, -0.15) is 0 Å². The molecule has 0 radical (unpaired) electrons. The standard InChI is InChI=1S/C15H16ClN3O3/c1-8-3-4-10(7-12(8)16)18-13(20)6-5-11-9(2)17-15(22)19-14(11)21/h3-4,7H,5-6H2,1-2H3,(H,18,20)(H2,17,19,21,22). The van der Waals surface area contributed by atoms with Gasteiger partial charge in [-0.15, -0.1) is 0 Å². The molecule has 0 spiro atoms. The number of amides is 1. The van der Waals surface area contributed by atoms with Crippen molar-refractivity contribution in [2.24, 2.45) is 0 Å². The molecule has 1 aromatic carbocycles. The minimum absolute atomic E-state index is 0.126. The molecule has 0 atom stereocenters. The highest BCUT2D eigenvalue weighted by Gasteiger charge is 2.09. The molecular formula is C15H16ClN3O3. The van der Waals surface area contributed by atoms with Crippen LogP contribution in [-0.2, 0) is 11.2 Å². The smallest absolute Gasteiger partial charge is 0.325 e. The summed E-state index contributed by atoms with van der Waals surface area (Å²) in [6, 6.07) is 5.25. The maximum absolute atomic E-state index is 11.9. The molecule has 0 saturated carbocycles. The van der Waals surface area contributed by atoms with Gasteiger partial charge in [0, 0.05) is 28.4 Å². The lowest BCUT2D eigenvalue weighted by Crippen LogP contribution is -2.27. The van der Waals surface area contributed by atoms with Crippen LogP contribution in [0.3, 0.4) is 0 Å². The SMILES string of the molecule is Cc1ccc(NC(=O)CCc2c(C)[nH]c(=O)[nH]c2=O)cc1Cl. The maximum atomic E-state index is 11.9. The number of nitrogens with one attached hydrogen (secondary N) is 3. The van der Waals surface area contributed by atoms with E-state index < -0.39 is 11.2 Å². The summed E-state index contributed by atoms with van der Waals surface area (Å²) in [4.78, 5) is 39.4. The number of hydrogen-bond acceptors (Lipinski definition) is 3. The topological polar surface area (TPSA) is 94.8 Å². The number of H-pyrrole nitrogens is 2. The Bertz CT molecular complexity index is 824. The Kier molecular flexibility index (Phi) is 4.82. The zero-order valence-electron chi connectivity index (χ0n) is 12.2. The van der Waals surface area contributed by atoms with Gasteiger partial charge in [0.25, 0.3) is 5.56 Å². The fourth-order valence-electron chi connectivity index (χ4n) is 2.06. The quantitative estimate of drug-likeness (QED) is 0.802. The van der Waals surface area contributed by atoms with Crippen LogP contribution in [0.15, 0.2) is 27.8 Å². The molecule has 22 heavy (non-hydrogen) atoms. The number of hydrogen-bond donors (Lipinski definition) is 3. The number of halogens is 1. The predicted octanol–water partition coefficient (Wildman–Crippen LogP) is 1.90. The van der Waals surface area contributed by atoms with Gasteiger partial charge in [0.15, 0.2) is 0 Å². The minimum atomic E-state index is -0.551. The van der Waals surface area contributed by atoms with Crippen molar-refractivity contribution in [2.75, 3.05) is 5.32 Å². The summed E-state index contributed by atoms with van der Waals surface area (Å²) in [6.45, 7) is 3.50. The van der Waals surface area contributed by atoms with E-state index in [1.165, 1.54) is 0 Å². The second-order valence-corrected chi connectivity index (χ2v) is 5.43. The van der Waals surface area contributed by atoms with Crippen LogP contribution in [0.1, 0.15) is 23.2 Å². The molecule has 0 unspecified atom stereocenters. The van der Waals surface area contributed by atoms with Crippen LogP contribution < -0.4 is 16.6 Å². The van der Waals surface area contributed by atoms with Crippen LogP contribution in [-0.4, -0.2) is 15.9 Å². The number of aromatic nitrogens is 2. The zero-order valence-corrected chi connectivity index (χ0v) is 13.0. The van der Waals surface area contributed by atoms with E-state index in [-0.39, 0.29) is 18.7 Å². The van der Waals surface area contributed by atoms with Crippen molar-refractivity contribution in [3.05, 3.63) is 60.9 Å². The molecule has 1 aromatic heterocycles.